The molecule has 1 aliphatic rings. The number of nitrogens with one attached hydrogen (secondary N) is 2. The normalized spacial score (nSPS) is 15.4. The van der Waals surface area contributed by atoms with Crippen molar-refractivity contribution in [1.29, 1.82) is 0 Å². The first-order valence-corrected chi connectivity index (χ1v) is 14.8. The summed E-state index contributed by atoms with van der Waals surface area (Å²) >= 11 is 6.30. The average Bonchev–Trinajstić information content (AvgIpc) is 3.29. The number of carbonyl (C=O) groups is 1. The van der Waals surface area contributed by atoms with Gasteiger partial charge < -0.3 is 20.3 Å². The van der Waals surface area contributed by atoms with Gasteiger partial charge in [-0.15, -0.1) is 0 Å². The first-order valence-electron chi connectivity index (χ1n) is 12.8. The number of H-pyrrole nitrogens is 1. The van der Waals surface area contributed by atoms with E-state index in [1.807, 2.05) is 25.1 Å². The van der Waals surface area contributed by atoms with Gasteiger partial charge in [0.1, 0.15) is 5.65 Å². The molecular formula is C28H31ClN4O4S. The molecule has 5 rings (SSSR count). The van der Waals surface area contributed by atoms with Crippen LogP contribution in [0.25, 0.3) is 33.1 Å². The molecule has 0 saturated carbocycles. The first kappa shape index (κ1) is 26.6. The smallest absolute Gasteiger partial charge is 0.251 e. The van der Waals surface area contributed by atoms with Crippen LogP contribution in [-0.2, 0) is 9.84 Å². The van der Waals surface area contributed by atoms with Crippen molar-refractivity contribution in [2.75, 3.05) is 32.0 Å². The number of carbonyl (C=O) groups excluding carboxylic acids is 1. The molecule has 10 heteroatoms. The number of benzene rings is 2. The van der Waals surface area contributed by atoms with Gasteiger partial charge in [-0.3, -0.25) is 4.79 Å². The third-order valence-electron chi connectivity index (χ3n) is 7.42. The highest BCUT2D eigenvalue weighted by molar-refractivity contribution is 7.91. The number of aliphatic hydroxyl groups excluding tert-OH is 1. The van der Waals surface area contributed by atoms with Crippen molar-refractivity contribution in [3.8, 4) is 11.1 Å². The predicted octanol–water partition coefficient (Wildman–Crippen LogP) is 4.33. The van der Waals surface area contributed by atoms with Crippen molar-refractivity contribution in [2.24, 2.45) is 0 Å². The number of pyridine rings is 1. The summed E-state index contributed by atoms with van der Waals surface area (Å²) in [6, 6.07) is 10.6. The molecule has 0 radical (unpaired) electrons. The van der Waals surface area contributed by atoms with Crippen molar-refractivity contribution in [2.45, 2.75) is 37.6 Å². The second kappa shape index (κ2) is 10.6. The van der Waals surface area contributed by atoms with Gasteiger partial charge >= 0.3 is 0 Å². The SMILES string of the molecule is CCS(=O)(=O)c1cccc(-c2cc(C(=O)NC3CCN(CCO)CC3)c(C)c3[nH]c4ncc(Cl)cc4c23)c1. The number of likely N-dealkylation sites (tertiary alicyclic amines) is 1. The second-order valence-corrected chi connectivity index (χ2v) is 12.5. The van der Waals surface area contributed by atoms with Gasteiger partial charge in [-0.1, -0.05) is 30.7 Å². The molecule has 0 spiro atoms. The number of piperidine rings is 1. The Kier molecular flexibility index (Phi) is 7.46. The highest BCUT2D eigenvalue weighted by atomic mass is 35.5. The van der Waals surface area contributed by atoms with Crippen LogP contribution in [0.15, 0.2) is 47.5 Å². The van der Waals surface area contributed by atoms with Gasteiger partial charge in [0.2, 0.25) is 0 Å². The number of hydrogen-bond donors (Lipinski definition) is 3. The molecule has 3 N–H and O–H groups in total. The van der Waals surface area contributed by atoms with Crippen molar-refractivity contribution < 1.29 is 18.3 Å². The maximum Gasteiger partial charge on any atom is 0.251 e. The molecule has 1 saturated heterocycles. The number of amides is 1. The molecular weight excluding hydrogens is 524 g/mol. The molecule has 0 bridgehead atoms. The van der Waals surface area contributed by atoms with E-state index in [-0.39, 0.29) is 29.2 Å². The monoisotopic (exact) mass is 554 g/mol. The molecule has 8 nitrogen and oxygen atoms in total. The zero-order valence-corrected chi connectivity index (χ0v) is 23.0. The van der Waals surface area contributed by atoms with E-state index in [1.165, 1.54) is 0 Å². The number of aromatic amines is 1. The number of sulfone groups is 1. The Balaban J connectivity index is 1.62. The molecule has 200 valence electrons. The van der Waals surface area contributed by atoms with E-state index in [4.69, 9.17) is 11.6 Å². The number of aryl methyl sites for hydroxylation is 1. The number of halogens is 1. The summed E-state index contributed by atoms with van der Waals surface area (Å²) < 4.78 is 25.3. The van der Waals surface area contributed by atoms with Crippen LogP contribution < -0.4 is 5.32 Å². The molecule has 2 aromatic heterocycles. The highest BCUT2D eigenvalue weighted by Crippen LogP contribution is 2.39. The van der Waals surface area contributed by atoms with Crippen LogP contribution in [0, 0.1) is 6.92 Å². The van der Waals surface area contributed by atoms with Crippen LogP contribution in [0.4, 0.5) is 0 Å². The Morgan fingerprint density at radius 2 is 2.00 bits per heavy atom. The van der Waals surface area contributed by atoms with E-state index in [2.05, 4.69) is 20.2 Å². The number of nitrogens with zero attached hydrogens (tertiary/aromatic N) is 2. The van der Waals surface area contributed by atoms with Gasteiger partial charge in [0, 0.05) is 48.2 Å². The van der Waals surface area contributed by atoms with Crippen molar-refractivity contribution in [3.05, 3.63) is 58.7 Å². The zero-order chi connectivity index (χ0) is 27.0. The third-order valence-corrected chi connectivity index (χ3v) is 9.36. The van der Waals surface area contributed by atoms with Gasteiger partial charge in [0.05, 0.1) is 27.8 Å². The Hall–Kier alpha value is -2.98. The van der Waals surface area contributed by atoms with Crippen molar-refractivity contribution in [1.82, 2.24) is 20.2 Å². The van der Waals surface area contributed by atoms with Crippen LogP contribution in [0.2, 0.25) is 5.02 Å². The highest BCUT2D eigenvalue weighted by Gasteiger charge is 2.25. The van der Waals surface area contributed by atoms with Crippen LogP contribution in [-0.4, -0.2) is 72.3 Å². The molecule has 4 aromatic rings. The number of hydrogen-bond acceptors (Lipinski definition) is 6. The van der Waals surface area contributed by atoms with Crippen LogP contribution in [0.1, 0.15) is 35.7 Å². The molecule has 3 heterocycles. The van der Waals surface area contributed by atoms with Gasteiger partial charge in [-0.05, 0) is 60.7 Å². The maximum absolute atomic E-state index is 13.6. The van der Waals surface area contributed by atoms with Gasteiger partial charge in [-0.25, -0.2) is 13.4 Å². The van der Waals surface area contributed by atoms with Crippen molar-refractivity contribution >= 4 is 49.3 Å². The number of rotatable bonds is 7. The minimum Gasteiger partial charge on any atom is -0.395 e. The predicted molar refractivity (Wildman–Crippen MR) is 151 cm³/mol. The summed E-state index contributed by atoms with van der Waals surface area (Å²) in [4.78, 5) is 23.8. The summed E-state index contributed by atoms with van der Waals surface area (Å²) in [6.07, 6.45) is 3.19. The first-order chi connectivity index (χ1) is 18.2. The Labute approximate surface area is 226 Å². The fourth-order valence-electron chi connectivity index (χ4n) is 5.26. The lowest BCUT2D eigenvalue weighted by Crippen LogP contribution is -2.45. The fraction of sp³-hybridized carbons (Fsp3) is 0.357. The number of β-amino-alcohol motifs (C(OH)–C–C–N with tert-alkyl or cyclic N) is 1. The van der Waals surface area contributed by atoms with Crippen molar-refractivity contribution in [3.63, 3.8) is 0 Å². The summed E-state index contributed by atoms with van der Waals surface area (Å²) in [7, 11) is -3.42. The van der Waals surface area contributed by atoms with Gasteiger partial charge in [0.25, 0.3) is 5.91 Å². The van der Waals surface area contributed by atoms with E-state index in [1.54, 1.807) is 31.3 Å². The summed E-state index contributed by atoms with van der Waals surface area (Å²) in [6.45, 7) is 5.94. The molecule has 0 aliphatic carbocycles. The van der Waals surface area contributed by atoms with Crippen LogP contribution >= 0.6 is 11.6 Å². The van der Waals surface area contributed by atoms with E-state index in [9.17, 15) is 18.3 Å². The van der Waals surface area contributed by atoms with Gasteiger partial charge in [-0.2, -0.15) is 0 Å². The summed E-state index contributed by atoms with van der Waals surface area (Å²) in [5, 5.41) is 14.5. The molecule has 0 unspecified atom stereocenters. The third kappa shape index (κ3) is 5.03. The lowest BCUT2D eigenvalue weighted by Gasteiger charge is -2.32. The number of fused-ring (bicyclic) bond motifs is 3. The molecule has 1 fully saturated rings. The van der Waals surface area contributed by atoms with Crippen LogP contribution in [0.5, 0.6) is 0 Å². The second-order valence-electron chi connectivity index (χ2n) is 9.77. The Morgan fingerprint density at radius 1 is 1.24 bits per heavy atom. The lowest BCUT2D eigenvalue weighted by atomic mass is 9.93. The standard InChI is InChI=1S/C28H31ClN4O4S/c1-3-38(36,37)21-6-4-5-18(13-21)23-15-22(28(35)31-20-7-9-33(10-8-20)11-12-34)17(2)26-25(23)24-14-19(29)16-30-27(24)32-26/h4-6,13-16,20,34H,3,7-12H2,1-2H3,(H,30,32)(H,31,35). The fourth-order valence-corrected chi connectivity index (χ4v) is 6.34. The number of aliphatic hydroxyl groups is 1. The Bertz CT molecular complexity index is 1630. The minimum absolute atomic E-state index is 0.00282. The average molecular weight is 555 g/mol. The van der Waals surface area contributed by atoms with E-state index < -0.39 is 9.84 Å². The lowest BCUT2D eigenvalue weighted by molar-refractivity contribution is 0.0902. The number of aromatic nitrogens is 2. The van der Waals surface area contributed by atoms with E-state index in [0.717, 1.165) is 53.3 Å². The topological polar surface area (TPSA) is 115 Å². The molecule has 2 aromatic carbocycles. The molecule has 38 heavy (non-hydrogen) atoms. The van der Waals surface area contributed by atoms with Crippen LogP contribution in [0.3, 0.4) is 0 Å². The molecule has 1 amide bonds. The molecule has 0 atom stereocenters. The minimum atomic E-state index is -3.42. The quantitative estimate of drug-likeness (QED) is 0.313. The van der Waals surface area contributed by atoms with Gasteiger partial charge in [0.15, 0.2) is 9.84 Å². The van der Waals surface area contributed by atoms with E-state index in [0.29, 0.717) is 28.3 Å². The summed E-state index contributed by atoms with van der Waals surface area (Å²) in [5.74, 6) is -0.176. The maximum atomic E-state index is 13.6. The zero-order valence-electron chi connectivity index (χ0n) is 21.4. The molecule has 1 aliphatic heterocycles. The summed E-state index contributed by atoms with van der Waals surface area (Å²) in [5.41, 5.74) is 4.13. The van der Waals surface area contributed by atoms with E-state index >= 15 is 0 Å². The Morgan fingerprint density at radius 3 is 2.71 bits per heavy atom. The largest absolute Gasteiger partial charge is 0.395 e.